The molecular formula is C20H27N7O. The van der Waals surface area contributed by atoms with Crippen molar-refractivity contribution in [1.29, 1.82) is 0 Å². The molecule has 2 saturated heterocycles. The molecule has 0 aromatic heterocycles. The van der Waals surface area contributed by atoms with Crippen LogP contribution in [0.3, 0.4) is 0 Å². The Hall–Kier alpha value is -2.90. The number of para-hydroxylation sites is 2. The molecule has 28 heavy (non-hydrogen) atoms. The summed E-state index contributed by atoms with van der Waals surface area (Å²) in [5, 5.41) is 6.49. The SMILES string of the molecule is CCOc1ccccc1N1C=NN2NC(N3CCCC3)=NC(N3CCCC3)=C21. The first-order valence-electron chi connectivity index (χ1n) is 10.3. The van der Waals surface area contributed by atoms with Gasteiger partial charge in [0, 0.05) is 26.2 Å². The summed E-state index contributed by atoms with van der Waals surface area (Å²) in [6, 6.07) is 8.09. The summed E-state index contributed by atoms with van der Waals surface area (Å²) in [6.45, 7) is 6.78. The van der Waals surface area contributed by atoms with Gasteiger partial charge in [0.05, 0.1) is 12.3 Å². The molecule has 0 bridgehead atoms. The number of likely N-dealkylation sites (tertiary alicyclic amines) is 2. The van der Waals surface area contributed by atoms with Crippen LogP contribution in [0.4, 0.5) is 5.69 Å². The molecule has 0 spiro atoms. The van der Waals surface area contributed by atoms with Crippen molar-refractivity contribution >= 4 is 18.0 Å². The minimum Gasteiger partial charge on any atom is -0.492 e. The second kappa shape index (κ2) is 7.26. The monoisotopic (exact) mass is 381 g/mol. The summed E-state index contributed by atoms with van der Waals surface area (Å²) in [7, 11) is 0. The molecule has 0 saturated carbocycles. The zero-order valence-electron chi connectivity index (χ0n) is 16.3. The van der Waals surface area contributed by atoms with Crippen LogP contribution in [0.1, 0.15) is 32.6 Å². The van der Waals surface area contributed by atoms with E-state index < -0.39 is 0 Å². The highest BCUT2D eigenvalue weighted by Crippen LogP contribution is 2.36. The molecule has 0 amide bonds. The Morgan fingerprint density at radius 3 is 2.46 bits per heavy atom. The second-order valence-corrected chi connectivity index (χ2v) is 7.40. The Bertz CT molecular complexity index is 822. The molecule has 1 aromatic carbocycles. The van der Waals surface area contributed by atoms with Gasteiger partial charge in [0.2, 0.25) is 11.8 Å². The van der Waals surface area contributed by atoms with Crippen LogP contribution in [0.15, 0.2) is 46.0 Å². The van der Waals surface area contributed by atoms with E-state index in [1.807, 2.05) is 36.6 Å². The van der Waals surface area contributed by atoms with Crippen LogP contribution in [-0.4, -0.2) is 60.0 Å². The average Bonchev–Trinajstić information content (AvgIpc) is 3.49. The van der Waals surface area contributed by atoms with Gasteiger partial charge in [-0.25, -0.2) is 5.43 Å². The third-order valence-corrected chi connectivity index (χ3v) is 5.56. The molecule has 1 aromatic rings. The molecule has 148 valence electrons. The van der Waals surface area contributed by atoms with Crippen LogP contribution in [0.5, 0.6) is 5.75 Å². The fourth-order valence-electron chi connectivity index (χ4n) is 4.19. The van der Waals surface area contributed by atoms with Crippen molar-refractivity contribution in [2.75, 3.05) is 37.7 Å². The summed E-state index contributed by atoms with van der Waals surface area (Å²) in [5.41, 5.74) is 4.38. The molecule has 1 N–H and O–H groups in total. The summed E-state index contributed by atoms with van der Waals surface area (Å²) >= 11 is 0. The molecule has 2 fully saturated rings. The summed E-state index contributed by atoms with van der Waals surface area (Å²) < 4.78 is 5.87. The van der Waals surface area contributed by atoms with E-state index in [4.69, 9.17) is 9.73 Å². The van der Waals surface area contributed by atoms with Crippen LogP contribution >= 0.6 is 0 Å². The fraction of sp³-hybridized carbons (Fsp3) is 0.500. The molecule has 0 radical (unpaired) electrons. The number of guanidine groups is 1. The Morgan fingerprint density at radius 1 is 1.00 bits per heavy atom. The molecule has 8 nitrogen and oxygen atoms in total. The van der Waals surface area contributed by atoms with Crippen molar-refractivity contribution in [2.45, 2.75) is 32.6 Å². The maximum atomic E-state index is 5.87. The summed E-state index contributed by atoms with van der Waals surface area (Å²) in [6.07, 6.45) is 6.68. The van der Waals surface area contributed by atoms with Gasteiger partial charge in [-0.2, -0.15) is 4.99 Å². The van der Waals surface area contributed by atoms with Gasteiger partial charge in [-0.3, -0.25) is 4.90 Å². The van der Waals surface area contributed by atoms with Gasteiger partial charge in [-0.1, -0.05) is 12.1 Å². The van der Waals surface area contributed by atoms with Gasteiger partial charge >= 0.3 is 0 Å². The summed E-state index contributed by atoms with van der Waals surface area (Å²) in [5.74, 6) is 3.68. The van der Waals surface area contributed by atoms with E-state index in [2.05, 4.69) is 31.3 Å². The average molecular weight is 381 g/mol. The molecule has 0 unspecified atom stereocenters. The molecule has 4 heterocycles. The quantitative estimate of drug-likeness (QED) is 0.864. The van der Waals surface area contributed by atoms with Gasteiger partial charge in [0.1, 0.15) is 12.1 Å². The standard InChI is InChI=1S/C20H27N7O/c1-2-28-17-10-4-3-9-16(17)26-15-21-27-19(26)18(24-11-5-6-12-24)22-20(23-27)25-13-7-8-14-25/h3-4,9-10,15H,2,5-8,11-14H2,1H3,(H,22,23). The largest absolute Gasteiger partial charge is 0.492 e. The van der Waals surface area contributed by atoms with Crippen LogP contribution in [0, 0.1) is 0 Å². The lowest BCUT2D eigenvalue weighted by atomic mass is 10.2. The lowest BCUT2D eigenvalue weighted by Crippen LogP contribution is -2.51. The van der Waals surface area contributed by atoms with Gasteiger partial charge in [0.25, 0.3) is 0 Å². The maximum Gasteiger partial charge on any atom is 0.221 e. The zero-order valence-corrected chi connectivity index (χ0v) is 16.3. The fourth-order valence-corrected chi connectivity index (χ4v) is 4.19. The predicted molar refractivity (Wildman–Crippen MR) is 110 cm³/mol. The molecule has 0 atom stereocenters. The number of nitrogens with one attached hydrogen (secondary N) is 1. The minimum absolute atomic E-state index is 0.624. The van der Waals surface area contributed by atoms with Crippen LogP contribution < -0.4 is 15.1 Å². The van der Waals surface area contributed by atoms with E-state index in [9.17, 15) is 0 Å². The molecule has 4 aliphatic rings. The van der Waals surface area contributed by atoms with Crippen molar-refractivity contribution in [3.63, 3.8) is 0 Å². The van der Waals surface area contributed by atoms with E-state index in [1.54, 1.807) is 0 Å². The second-order valence-electron chi connectivity index (χ2n) is 7.40. The Morgan fingerprint density at radius 2 is 1.71 bits per heavy atom. The van der Waals surface area contributed by atoms with E-state index >= 15 is 0 Å². The number of hydrogen-bond acceptors (Lipinski definition) is 8. The molecule has 0 aliphatic carbocycles. The lowest BCUT2D eigenvalue weighted by Gasteiger charge is -2.35. The smallest absolute Gasteiger partial charge is 0.221 e. The zero-order chi connectivity index (χ0) is 18.9. The number of fused-ring (bicyclic) bond motifs is 1. The van der Waals surface area contributed by atoms with Crippen molar-refractivity contribution in [3.05, 3.63) is 35.9 Å². The highest BCUT2D eigenvalue weighted by molar-refractivity contribution is 5.90. The van der Waals surface area contributed by atoms with Crippen molar-refractivity contribution in [2.24, 2.45) is 10.1 Å². The van der Waals surface area contributed by atoms with E-state index in [-0.39, 0.29) is 0 Å². The lowest BCUT2D eigenvalue weighted by molar-refractivity contribution is 0.271. The van der Waals surface area contributed by atoms with Crippen LogP contribution in [0.2, 0.25) is 0 Å². The number of ether oxygens (including phenoxy) is 1. The Kier molecular flexibility index (Phi) is 4.46. The first-order valence-corrected chi connectivity index (χ1v) is 10.3. The van der Waals surface area contributed by atoms with Crippen LogP contribution in [0.25, 0.3) is 0 Å². The van der Waals surface area contributed by atoms with Crippen molar-refractivity contribution < 1.29 is 4.74 Å². The predicted octanol–water partition coefficient (Wildman–Crippen LogP) is 2.34. The number of hydrogen-bond donors (Lipinski definition) is 1. The van der Waals surface area contributed by atoms with Crippen LogP contribution in [-0.2, 0) is 0 Å². The van der Waals surface area contributed by atoms with E-state index in [0.29, 0.717) is 6.61 Å². The van der Waals surface area contributed by atoms with Gasteiger partial charge in [-0.05, 0) is 44.7 Å². The molecule has 8 heteroatoms. The number of rotatable bonds is 4. The normalized spacial score (nSPS) is 21.4. The van der Waals surface area contributed by atoms with E-state index in [0.717, 1.165) is 55.2 Å². The third kappa shape index (κ3) is 2.93. The summed E-state index contributed by atoms with van der Waals surface area (Å²) in [4.78, 5) is 11.8. The highest BCUT2D eigenvalue weighted by atomic mass is 16.5. The molecule has 5 rings (SSSR count). The topological polar surface area (TPSA) is 58.9 Å². The first-order chi connectivity index (χ1) is 13.8. The number of benzene rings is 1. The van der Waals surface area contributed by atoms with Gasteiger partial charge in [-0.15, -0.1) is 10.2 Å². The Labute approximate surface area is 165 Å². The van der Waals surface area contributed by atoms with Gasteiger partial charge in [0.15, 0.2) is 5.82 Å². The number of hydrazine groups is 1. The number of nitrogens with zero attached hydrogens (tertiary/aromatic N) is 6. The number of aliphatic imine (C=N–C) groups is 1. The van der Waals surface area contributed by atoms with E-state index in [1.165, 1.54) is 25.7 Å². The van der Waals surface area contributed by atoms with Crippen molar-refractivity contribution in [1.82, 2.24) is 20.3 Å². The van der Waals surface area contributed by atoms with Crippen molar-refractivity contribution in [3.8, 4) is 5.75 Å². The third-order valence-electron chi connectivity index (χ3n) is 5.56. The molecule has 4 aliphatic heterocycles. The first kappa shape index (κ1) is 17.2. The number of anilines is 1. The van der Waals surface area contributed by atoms with Gasteiger partial charge < -0.3 is 14.5 Å². The maximum absolute atomic E-state index is 5.87. The Balaban J connectivity index is 1.57. The molecular weight excluding hydrogens is 354 g/mol. The highest BCUT2D eigenvalue weighted by Gasteiger charge is 2.37. The number of hydrazone groups is 1. The minimum atomic E-state index is 0.624.